The molecular formula is C14H18F3N3O2. The van der Waals surface area contributed by atoms with Crippen molar-refractivity contribution in [1.29, 1.82) is 0 Å². The highest BCUT2D eigenvalue weighted by Gasteiger charge is 2.46. The van der Waals surface area contributed by atoms with E-state index in [0.717, 1.165) is 4.68 Å². The van der Waals surface area contributed by atoms with E-state index in [0.29, 0.717) is 19.3 Å². The van der Waals surface area contributed by atoms with Gasteiger partial charge in [-0.2, -0.15) is 18.3 Å². The number of hydrogen-bond donors (Lipinski definition) is 1. The Hall–Kier alpha value is -1.57. The first kappa shape index (κ1) is 15.3. The van der Waals surface area contributed by atoms with Crippen LogP contribution in [-0.4, -0.2) is 27.4 Å². The molecular weight excluding hydrogens is 299 g/mol. The van der Waals surface area contributed by atoms with Gasteiger partial charge in [-0.1, -0.05) is 0 Å². The SMILES string of the molecule is CC1(C)CC(Cn2nc(C3CC3)c(C(F)(F)F)c2C(N)=O)O1. The number of halogens is 3. The minimum absolute atomic E-state index is 0.0557. The van der Waals surface area contributed by atoms with Gasteiger partial charge in [0.2, 0.25) is 0 Å². The largest absolute Gasteiger partial charge is 0.420 e. The van der Waals surface area contributed by atoms with Crippen LogP contribution in [0.5, 0.6) is 0 Å². The summed E-state index contributed by atoms with van der Waals surface area (Å²) in [5.41, 5.74) is 3.33. The Morgan fingerprint density at radius 2 is 2.05 bits per heavy atom. The van der Waals surface area contributed by atoms with Crippen LogP contribution in [-0.2, 0) is 17.5 Å². The second-order valence-corrected chi connectivity index (χ2v) is 6.63. The Kier molecular flexibility index (Phi) is 3.28. The summed E-state index contributed by atoms with van der Waals surface area (Å²) >= 11 is 0. The summed E-state index contributed by atoms with van der Waals surface area (Å²) in [5, 5.41) is 4.05. The van der Waals surface area contributed by atoms with Crippen LogP contribution in [0.2, 0.25) is 0 Å². The number of hydrogen-bond acceptors (Lipinski definition) is 3. The first-order chi connectivity index (χ1) is 10.1. The number of ether oxygens (including phenoxy) is 1. The predicted molar refractivity (Wildman–Crippen MR) is 71.3 cm³/mol. The van der Waals surface area contributed by atoms with Crippen molar-refractivity contribution in [3.05, 3.63) is 17.0 Å². The molecule has 1 saturated carbocycles. The Balaban J connectivity index is 1.97. The van der Waals surface area contributed by atoms with Gasteiger partial charge in [-0.25, -0.2) is 0 Å². The van der Waals surface area contributed by atoms with Crippen molar-refractivity contribution < 1.29 is 22.7 Å². The number of primary amides is 1. The molecule has 1 saturated heterocycles. The molecule has 1 atom stereocenters. The van der Waals surface area contributed by atoms with Crippen LogP contribution in [0.3, 0.4) is 0 Å². The van der Waals surface area contributed by atoms with Crippen LogP contribution in [0.4, 0.5) is 13.2 Å². The van der Waals surface area contributed by atoms with Crippen LogP contribution >= 0.6 is 0 Å². The summed E-state index contributed by atoms with van der Waals surface area (Å²) in [6, 6.07) is 0. The minimum Gasteiger partial charge on any atom is -0.370 e. The van der Waals surface area contributed by atoms with Crippen LogP contribution < -0.4 is 5.73 Å². The van der Waals surface area contributed by atoms with Gasteiger partial charge in [-0.05, 0) is 26.7 Å². The van der Waals surface area contributed by atoms with Crippen molar-refractivity contribution in [2.24, 2.45) is 5.73 Å². The quantitative estimate of drug-likeness (QED) is 0.927. The molecule has 1 aromatic rings. The fraction of sp³-hybridized carbons (Fsp3) is 0.714. The molecule has 1 aromatic heterocycles. The molecule has 2 heterocycles. The molecule has 1 aliphatic heterocycles. The normalized spacial score (nSPS) is 24.1. The Bertz CT molecular complexity index is 610. The predicted octanol–water partition coefficient (Wildman–Crippen LogP) is 2.45. The zero-order valence-corrected chi connectivity index (χ0v) is 12.4. The standard InChI is InChI=1S/C14H18F3N3O2/c1-13(2)5-8(22-13)6-20-11(12(18)21)9(14(15,16)17)10(19-20)7-3-4-7/h7-8H,3-6H2,1-2H3,(H2,18,21). The summed E-state index contributed by atoms with van der Waals surface area (Å²) in [5.74, 6) is -1.33. The molecule has 3 rings (SSSR count). The maximum absolute atomic E-state index is 13.3. The molecule has 0 spiro atoms. The molecule has 2 fully saturated rings. The van der Waals surface area contributed by atoms with E-state index < -0.39 is 23.3 Å². The number of nitrogens with zero attached hydrogens (tertiary/aromatic N) is 2. The molecule has 8 heteroatoms. The minimum atomic E-state index is -4.64. The number of carbonyl (C=O) groups is 1. The van der Waals surface area contributed by atoms with E-state index in [-0.39, 0.29) is 29.9 Å². The maximum Gasteiger partial charge on any atom is 0.420 e. The van der Waals surface area contributed by atoms with Crippen molar-refractivity contribution in [2.75, 3.05) is 0 Å². The average molecular weight is 317 g/mol. The molecule has 1 unspecified atom stereocenters. The number of rotatable bonds is 4. The number of amides is 1. The Morgan fingerprint density at radius 1 is 1.45 bits per heavy atom. The van der Waals surface area contributed by atoms with Gasteiger partial charge in [-0.15, -0.1) is 0 Å². The Morgan fingerprint density at radius 3 is 2.45 bits per heavy atom. The van der Waals surface area contributed by atoms with Gasteiger partial charge < -0.3 is 10.5 Å². The molecule has 122 valence electrons. The van der Waals surface area contributed by atoms with Crippen LogP contribution in [0.1, 0.15) is 60.8 Å². The van der Waals surface area contributed by atoms with Gasteiger partial charge >= 0.3 is 6.18 Å². The van der Waals surface area contributed by atoms with Gasteiger partial charge in [0.05, 0.1) is 23.9 Å². The Labute approximate surface area is 125 Å². The number of carbonyl (C=O) groups excluding carboxylic acids is 1. The van der Waals surface area contributed by atoms with Gasteiger partial charge in [0.25, 0.3) is 5.91 Å². The van der Waals surface area contributed by atoms with Crippen molar-refractivity contribution in [2.45, 2.75) is 63.5 Å². The lowest BCUT2D eigenvalue weighted by Crippen LogP contribution is -2.48. The summed E-state index contributed by atoms with van der Waals surface area (Å²) in [6.07, 6.45) is -2.87. The molecule has 1 amide bonds. The number of alkyl halides is 3. The maximum atomic E-state index is 13.3. The molecule has 2 aliphatic rings. The van der Waals surface area contributed by atoms with Gasteiger partial charge in [0, 0.05) is 12.3 Å². The van der Waals surface area contributed by atoms with E-state index in [9.17, 15) is 18.0 Å². The van der Waals surface area contributed by atoms with Crippen molar-refractivity contribution in [1.82, 2.24) is 9.78 Å². The highest BCUT2D eigenvalue weighted by atomic mass is 19.4. The average Bonchev–Trinajstić information content (AvgIpc) is 3.07. The first-order valence-electron chi connectivity index (χ1n) is 7.24. The number of nitrogens with two attached hydrogens (primary N) is 1. The third-order valence-electron chi connectivity index (χ3n) is 4.04. The van der Waals surface area contributed by atoms with Gasteiger partial charge in [0.1, 0.15) is 11.3 Å². The fourth-order valence-electron chi connectivity index (χ4n) is 3.07. The molecule has 0 bridgehead atoms. The number of aromatic nitrogens is 2. The molecule has 5 nitrogen and oxygen atoms in total. The lowest BCUT2D eigenvalue weighted by atomic mass is 9.93. The van der Waals surface area contributed by atoms with Crippen LogP contribution in [0.25, 0.3) is 0 Å². The summed E-state index contributed by atoms with van der Waals surface area (Å²) < 4.78 is 46.7. The monoisotopic (exact) mass is 317 g/mol. The molecule has 2 N–H and O–H groups in total. The molecule has 22 heavy (non-hydrogen) atoms. The van der Waals surface area contributed by atoms with Crippen molar-refractivity contribution in [3.8, 4) is 0 Å². The molecule has 0 radical (unpaired) electrons. The van der Waals surface area contributed by atoms with Crippen molar-refractivity contribution >= 4 is 5.91 Å². The molecule has 0 aromatic carbocycles. The summed E-state index contributed by atoms with van der Waals surface area (Å²) in [7, 11) is 0. The van der Waals surface area contributed by atoms with E-state index in [1.807, 2.05) is 13.8 Å². The first-order valence-corrected chi connectivity index (χ1v) is 7.24. The fourth-order valence-corrected chi connectivity index (χ4v) is 3.07. The lowest BCUT2D eigenvalue weighted by Gasteiger charge is -2.43. The van der Waals surface area contributed by atoms with Crippen LogP contribution in [0, 0.1) is 0 Å². The zero-order chi connectivity index (χ0) is 16.3. The topological polar surface area (TPSA) is 70.1 Å². The second kappa shape index (κ2) is 4.71. The molecule has 1 aliphatic carbocycles. The van der Waals surface area contributed by atoms with E-state index in [2.05, 4.69) is 5.10 Å². The van der Waals surface area contributed by atoms with Crippen molar-refractivity contribution in [3.63, 3.8) is 0 Å². The van der Waals surface area contributed by atoms with E-state index in [4.69, 9.17) is 10.5 Å². The second-order valence-electron chi connectivity index (χ2n) is 6.63. The van der Waals surface area contributed by atoms with E-state index in [1.165, 1.54) is 0 Å². The third kappa shape index (κ3) is 2.71. The van der Waals surface area contributed by atoms with Gasteiger partial charge in [0.15, 0.2) is 0 Å². The highest BCUT2D eigenvalue weighted by molar-refractivity contribution is 5.93. The van der Waals surface area contributed by atoms with E-state index in [1.54, 1.807) is 0 Å². The highest BCUT2D eigenvalue weighted by Crippen LogP contribution is 2.46. The smallest absolute Gasteiger partial charge is 0.370 e. The van der Waals surface area contributed by atoms with Gasteiger partial charge in [-0.3, -0.25) is 9.48 Å². The van der Waals surface area contributed by atoms with Crippen LogP contribution in [0.15, 0.2) is 0 Å². The summed E-state index contributed by atoms with van der Waals surface area (Å²) in [4.78, 5) is 11.6. The lowest BCUT2D eigenvalue weighted by molar-refractivity contribution is -0.190. The summed E-state index contributed by atoms with van der Waals surface area (Å²) in [6.45, 7) is 3.91. The zero-order valence-electron chi connectivity index (χ0n) is 12.4. The van der Waals surface area contributed by atoms with E-state index >= 15 is 0 Å². The third-order valence-corrected chi connectivity index (χ3v) is 4.04.